The highest BCUT2D eigenvalue weighted by Crippen LogP contribution is 2.14. The van der Waals surface area contributed by atoms with E-state index in [4.69, 9.17) is 4.74 Å². The van der Waals surface area contributed by atoms with Crippen molar-refractivity contribution in [1.82, 2.24) is 10.6 Å². The maximum absolute atomic E-state index is 12.1. The minimum absolute atomic E-state index is 0.0296. The number of carbonyl (C=O) groups is 1. The third kappa shape index (κ3) is 5.16. The highest BCUT2D eigenvalue weighted by atomic mass is 32.2. The SMILES string of the molecule is CCCNC1COCC1C(=O)NCC(C)CSC. The molecular formula is C13H26N2O2S. The lowest BCUT2D eigenvalue weighted by atomic mass is 10.0. The third-order valence-electron chi connectivity index (χ3n) is 3.15. The Morgan fingerprint density at radius 2 is 2.28 bits per heavy atom. The van der Waals surface area contributed by atoms with Gasteiger partial charge in [-0.1, -0.05) is 13.8 Å². The number of ether oxygens (including phenoxy) is 1. The molecule has 1 aliphatic heterocycles. The summed E-state index contributed by atoms with van der Waals surface area (Å²) in [5.41, 5.74) is 0. The minimum atomic E-state index is -0.0296. The molecule has 3 unspecified atom stereocenters. The maximum Gasteiger partial charge on any atom is 0.227 e. The summed E-state index contributed by atoms with van der Waals surface area (Å²) in [5.74, 6) is 1.71. The molecule has 0 spiro atoms. The molecular weight excluding hydrogens is 248 g/mol. The van der Waals surface area contributed by atoms with Crippen LogP contribution in [0.2, 0.25) is 0 Å². The number of carbonyl (C=O) groups excluding carboxylic acids is 1. The Hall–Kier alpha value is -0.260. The van der Waals surface area contributed by atoms with Crippen molar-refractivity contribution < 1.29 is 9.53 Å². The average Bonchev–Trinajstić information content (AvgIpc) is 2.82. The molecule has 2 N–H and O–H groups in total. The number of thioether (sulfide) groups is 1. The molecule has 4 nitrogen and oxygen atoms in total. The topological polar surface area (TPSA) is 50.4 Å². The fraction of sp³-hybridized carbons (Fsp3) is 0.923. The highest BCUT2D eigenvalue weighted by molar-refractivity contribution is 7.98. The molecule has 18 heavy (non-hydrogen) atoms. The second-order valence-electron chi connectivity index (χ2n) is 5.01. The van der Waals surface area contributed by atoms with Crippen LogP contribution in [0.5, 0.6) is 0 Å². The van der Waals surface area contributed by atoms with Gasteiger partial charge in [0.05, 0.1) is 19.1 Å². The van der Waals surface area contributed by atoms with Gasteiger partial charge in [0.15, 0.2) is 0 Å². The summed E-state index contributed by atoms with van der Waals surface area (Å²) in [7, 11) is 0. The number of hydrogen-bond donors (Lipinski definition) is 2. The Labute approximate surface area is 115 Å². The quantitative estimate of drug-likeness (QED) is 0.696. The first-order chi connectivity index (χ1) is 8.69. The molecule has 0 saturated carbocycles. The van der Waals surface area contributed by atoms with Crippen LogP contribution in [-0.2, 0) is 9.53 Å². The van der Waals surface area contributed by atoms with Crippen molar-refractivity contribution in [1.29, 1.82) is 0 Å². The van der Waals surface area contributed by atoms with Crippen LogP contribution in [0.25, 0.3) is 0 Å². The van der Waals surface area contributed by atoms with Gasteiger partial charge in [-0.3, -0.25) is 4.79 Å². The second kappa shape index (κ2) is 8.77. The van der Waals surface area contributed by atoms with E-state index in [1.54, 1.807) is 0 Å². The zero-order valence-electron chi connectivity index (χ0n) is 11.7. The zero-order chi connectivity index (χ0) is 13.4. The second-order valence-corrected chi connectivity index (χ2v) is 5.92. The summed E-state index contributed by atoms with van der Waals surface area (Å²) in [6.45, 7) is 7.19. The molecule has 1 heterocycles. The van der Waals surface area contributed by atoms with Gasteiger partial charge in [0.25, 0.3) is 0 Å². The molecule has 3 atom stereocenters. The maximum atomic E-state index is 12.1. The van der Waals surface area contributed by atoms with E-state index < -0.39 is 0 Å². The van der Waals surface area contributed by atoms with Gasteiger partial charge in [0, 0.05) is 12.6 Å². The monoisotopic (exact) mass is 274 g/mol. The van der Waals surface area contributed by atoms with Crippen molar-refractivity contribution in [2.45, 2.75) is 26.3 Å². The summed E-state index contributed by atoms with van der Waals surface area (Å²) in [5, 5.41) is 6.43. The van der Waals surface area contributed by atoms with Crippen molar-refractivity contribution in [3.63, 3.8) is 0 Å². The fourth-order valence-electron chi connectivity index (χ4n) is 2.09. The van der Waals surface area contributed by atoms with Gasteiger partial charge in [-0.15, -0.1) is 0 Å². The lowest BCUT2D eigenvalue weighted by Crippen LogP contribution is -2.45. The summed E-state index contributed by atoms with van der Waals surface area (Å²) in [6, 6.07) is 0.181. The molecule has 0 aromatic heterocycles. The Kier molecular flexibility index (Phi) is 7.70. The van der Waals surface area contributed by atoms with Crippen molar-refractivity contribution in [2.24, 2.45) is 11.8 Å². The van der Waals surface area contributed by atoms with Crippen molar-refractivity contribution in [3.05, 3.63) is 0 Å². The van der Waals surface area contributed by atoms with E-state index >= 15 is 0 Å². The predicted octanol–water partition coefficient (Wildman–Crippen LogP) is 1.12. The van der Waals surface area contributed by atoms with Gasteiger partial charge < -0.3 is 15.4 Å². The molecule has 0 aromatic rings. The van der Waals surface area contributed by atoms with Gasteiger partial charge in [-0.2, -0.15) is 11.8 Å². The lowest BCUT2D eigenvalue weighted by Gasteiger charge is -2.19. The van der Waals surface area contributed by atoms with Crippen LogP contribution in [0.1, 0.15) is 20.3 Å². The molecule has 1 aliphatic rings. The zero-order valence-corrected chi connectivity index (χ0v) is 12.5. The molecule has 0 radical (unpaired) electrons. The van der Waals surface area contributed by atoms with E-state index in [2.05, 4.69) is 30.7 Å². The van der Waals surface area contributed by atoms with E-state index in [-0.39, 0.29) is 17.9 Å². The third-order valence-corrected chi connectivity index (χ3v) is 4.05. The molecule has 0 aliphatic carbocycles. The van der Waals surface area contributed by atoms with Crippen molar-refractivity contribution in [3.8, 4) is 0 Å². The van der Waals surface area contributed by atoms with Crippen LogP contribution in [0.3, 0.4) is 0 Å². The highest BCUT2D eigenvalue weighted by Gasteiger charge is 2.33. The van der Waals surface area contributed by atoms with Gasteiger partial charge in [0.1, 0.15) is 0 Å². The number of nitrogens with one attached hydrogen (secondary N) is 2. The molecule has 106 valence electrons. The van der Waals surface area contributed by atoms with E-state index in [9.17, 15) is 4.79 Å². The largest absolute Gasteiger partial charge is 0.379 e. The van der Waals surface area contributed by atoms with Crippen LogP contribution in [0, 0.1) is 11.8 Å². The first kappa shape index (κ1) is 15.8. The molecule has 1 fully saturated rings. The summed E-state index contributed by atoms with van der Waals surface area (Å²) in [6.07, 6.45) is 3.17. The van der Waals surface area contributed by atoms with Crippen molar-refractivity contribution >= 4 is 17.7 Å². The Morgan fingerprint density at radius 1 is 1.50 bits per heavy atom. The van der Waals surface area contributed by atoms with Crippen molar-refractivity contribution in [2.75, 3.05) is 38.3 Å². The smallest absolute Gasteiger partial charge is 0.227 e. The first-order valence-corrected chi connectivity index (χ1v) is 8.16. The van der Waals surface area contributed by atoms with Crippen LogP contribution in [0.15, 0.2) is 0 Å². The number of hydrogen-bond acceptors (Lipinski definition) is 4. The fourth-order valence-corrected chi connectivity index (χ4v) is 2.78. The molecule has 1 saturated heterocycles. The summed E-state index contributed by atoms with van der Waals surface area (Å²) < 4.78 is 5.41. The van der Waals surface area contributed by atoms with Crippen LogP contribution >= 0.6 is 11.8 Å². The molecule has 0 aromatic carbocycles. The van der Waals surface area contributed by atoms with Gasteiger partial charge >= 0.3 is 0 Å². The summed E-state index contributed by atoms with van der Waals surface area (Å²) >= 11 is 1.82. The van der Waals surface area contributed by atoms with E-state index in [0.717, 1.165) is 25.3 Å². The Morgan fingerprint density at radius 3 is 2.94 bits per heavy atom. The van der Waals surface area contributed by atoms with E-state index in [0.29, 0.717) is 19.1 Å². The lowest BCUT2D eigenvalue weighted by molar-refractivity contribution is -0.125. The van der Waals surface area contributed by atoms with Gasteiger partial charge in [0.2, 0.25) is 5.91 Å². The molecule has 1 rings (SSSR count). The minimum Gasteiger partial charge on any atom is -0.379 e. The average molecular weight is 274 g/mol. The first-order valence-electron chi connectivity index (χ1n) is 6.76. The molecule has 5 heteroatoms. The van der Waals surface area contributed by atoms with E-state index in [1.165, 1.54) is 0 Å². The predicted molar refractivity (Wildman–Crippen MR) is 76.9 cm³/mol. The van der Waals surface area contributed by atoms with Crippen LogP contribution < -0.4 is 10.6 Å². The standard InChI is InChI=1S/C13H26N2O2S/c1-4-5-14-12-8-17-7-11(12)13(16)15-6-10(2)9-18-3/h10-12,14H,4-9H2,1-3H3,(H,15,16). The Bertz CT molecular complexity index is 251. The van der Waals surface area contributed by atoms with E-state index in [1.807, 2.05) is 11.8 Å². The number of amides is 1. The Balaban J connectivity index is 2.31. The molecule has 0 bridgehead atoms. The van der Waals surface area contributed by atoms with Gasteiger partial charge in [-0.05, 0) is 30.9 Å². The molecule has 1 amide bonds. The normalized spacial score (nSPS) is 25.1. The van der Waals surface area contributed by atoms with Crippen LogP contribution in [-0.4, -0.2) is 50.3 Å². The van der Waals surface area contributed by atoms with Gasteiger partial charge in [-0.25, -0.2) is 0 Å². The number of rotatable bonds is 8. The van der Waals surface area contributed by atoms with Crippen LogP contribution in [0.4, 0.5) is 0 Å². The summed E-state index contributed by atoms with van der Waals surface area (Å²) in [4.78, 5) is 12.1.